The molecule has 0 aliphatic carbocycles. The summed E-state index contributed by atoms with van der Waals surface area (Å²) in [6, 6.07) is 9.23. The van der Waals surface area contributed by atoms with E-state index < -0.39 is 0 Å². The molecule has 3 heterocycles. The van der Waals surface area contributed by atoms with Gasteiger partial charge >= 0.3 is 0 Å². The maximum Gasteiger partial charge on any atom is 0.227 e. The van der Waals surface area contributed by atoms with Gasteiger partial charge in [0.15, 0.2) is 5.65 Å². The second-order valence-electron chi connectivity index (χ2n) is 7.19. The van der Waals surface area contributed by atoms with E-state index in [2.05, 4.69) is 25.2 Å². The van der Waals surface area contributed by atoms with Crippen molar-refractivity contribution in [2.75, 3.05) is 23.3 Å². The van der Waals surface area contributed by atoms with Crippen molar-refractivity contribution in [3.63, 3.8) is 0 Å². The molecule has 1 N–H and O–H groups in total. The van der Waals surface area contributed by atoms with Gasteiger partial charge in [-0.1, -0.05) is 11.6 Å². The number of piperidine rings is 1. The average Bonchev–Trinajstić information content (AvgIpc) is 2.70. The SMILES string of the molecule is Cc1nc2cc(N3CCC(C(=O)Nc4ccc(Cl)cc4)CC3)cnc2nc1C. The lowest BCUT2D eigenvalue weighted by molar-refractivity contribution is -0.120. The Morgan fingerprint density at radius 2 is 1.79 bits per heavy atom. The second-order valence-corrected chi connectivity index (χ2v) is 7.62. The zero-order valence-electron chi connectivity index (χ0n) is 15.9. The van der Waals surface area contributed by atoms with Crippen molar-refractivity contribution < 1.29 is 4.79 Å². The van der Waals surface area contributed by atoms with Crippen molar-refractivity contribution in [1.82, 2.24) is 15.0 Å². The summed E-state index contributed by atoms with van der Waals surface area (Å²) in [5.74, 6) is 0.0700. The Kier molecular flexibility index (Phi) is 5.13. The maximum atomic E-state index is 12.5. The molecule has 28 heavy (non-hydrogen) atoms. The van der Waals surface area contributed by atoms with Gasteiger partial charge < -0.3 is 10.2 Å². The Hall–Kier alpha value is -2.73. The van der Waals surface area contributed by atoms with Crippen LogP contribution in [-0.4, -0.2) is 33.9 Å². The van der Waals surface area contributed by atoms with E-state index in [1.165, 1.54) is 0 Å². The highest BCUT2D eigenvalue weighted by Crippen LogP contribution is 2.26. The predicted octanol–water partition coefficient (Wildman–Crippen LogP) is 4.15. The first-order chi connectivity index (χ1) is 13.5. The van der Waals surface area contributed by atoms with Gasteiger partial charge in [-0.3, -0.25) is 4.79 Å². The molecule has 1 amide bonds. The lowest BCUT2D eigenvalue weighted by Gasteiger charge is -2.32. The molecule has 0 spiro atoms. The van der Waals surface area contributed by atoms with Crippen LogP contribution in [0.25, 0.3) is 11.2 Å². The molecule has 1 aliphatic heterocycles. The third-order valence-corrected chi connectivity index (χ3v) is 5.51. The number of amides is 1. The number of anilines is 2. The van der Waals surface area contributed by atoms with E-state index in [1.54, 1.807) is 12.1 Å². The molecule has 0 bridgehead atoms. The van der Waals surface area contributed by atoms with Gasteiger partial charge in [0.2, 0.25) is 5.91 Å². The summed E-state index contributed by atoms with van der Waals surface area (Å²) in [5, 5.41) is 3.64. The fourth-order valence-corrected chi connectivity index (χ4v) is 3.58. The first-order valence-corrected chi connectivity index (χ1v) is 9.80. The standard InChI is InChI=1S/C21H22ClN5O/c1-13-14(2)25-20-19(24-13)11-18(12-23-20)27-9-7-15(8-10-27)21(28)26-17-5-3-16(22)4-6-17/h3-6,11-12,15H,7-10H2,1-2H3,(H,26,28). The molecule has 3 aromatic rings. The Balaban J connectivity index is 1.41. The summed E-state index contributed by atoms with van der Waals surface area (Å²) >= 11 is 5.89. The summed E-state index contributed by atoms with van der Waals surface area (Å²) in [7, 11) is 0. The Labute approximate surface area is 169 Å². The number of halogens is 1. The molecular formula is C21H22ClN5O. The number of hydrogen-bond acceptors (Lipinski definition) is 5. The van der Waals surface area contributed by atoms with Crippen LogP contribution in [0, 0.1) is 19.8 Å². The maximum absolute atomic E-state index is 12.5. The number of hydrogen-bond donors (Lipinski definition) is 1. The first kappa shape index (κ1) is 18.6. The molecule has 6 nitrogen and oxygen atoms in total. The van der Waals surface area contributed by atoms with E-state index in [4.69, 9.17) is 11.6 Å². The van der Waals surface area contributed by atoms with Crippen LogP contribution in [0.4, 0.5) is 11.4 Å². The van der Waals surface area contributed by atoms with E-state index in [9.17, 15) is 4.79 Å². The van der Waals surface area contributed by atoms with Gasteiger partial charge in [-0.15, -0.1) is 0 Å². The monoisotopic (exact) mass is 395 g/mol. The van der Waals surface area contributed by atoms with Gasteiger partial charge in [0, 0.05) is 29.7 Å². The highest BCUT2D eigenvalue weighted by Gasteiger charge is 2.25. The summed E-state index contributed by atoms with van der Waals surface area (Å²) in [6.07, 6.45) is 3.45. The highest BCUT2D eigenvalue weighted by molar-refractivity contribution is 6.30. The van der Waals surface area contributed by atoms with Gasteiger partial charge in [-0.25, -0.2) is 15.0 Å². The van der Waals surface area contributed by atoms with Gasteiger partial charge in [-0.2, -0.15) is 0 Å². The predicted molar refractivity (Wildman–Crippen MR) is 112 cm³/mol. The summed E-state index contributed by atoms with van der Waals surface area (Å²) < 4.78 is 0. The van der Waals surface area contributed by atoms with E-state index in [0.29, 0.717) is 10.7 Å². The van der Waals surface area contributed by atoms with Gasteiger partial charge in [0.25, 0.3) is 0 Å². The zero-order valence-corrected chi connectivity index (χ0v) is 16.7. The number of aryl methyl sites for hydroxylation is 2. The van der Waals surface area contributed by atoms with Gasteiger partial charge in [-0.05, 0) is 57.0 Å². The molecule has 144 valence electrons. The first-order valence-electron chi connectivity index (χ1n) is 9.42. The van der Waals surface area contributed by atoms with Gasteiger partial charge in [0.1, 0.15) is 5.52 Å². The second kappa shape index (κ2) is 7.72. The minimum atomic E-state index is 0.00466. The van der Waals surface area contributed by atoms with Crippen LogP contribution >= 0.6 is 11.6 Å². The van der Waals surface area contributed by atoms with Crippen molar-refractivity contribution in [1.29, 1.82) is 0 Å². The quantitative estimate of drug-likeness (QED) is 0.721. The van der Waals surface area contributed by atoms with Crippen LogP contribution in [0.3, 0.4) is 0 Å². The lowest BCUT2D eigenvalue weighted by atomic mass is 9.95. The van der Waals surface area contributed by atoms with E-state index in [0.717, 1.165) is 54.2 Å². The summed E-state index contributed by atoms with van der Waals surface area (Å²) in [4.78, 5) is 28.4. The van der Waals surface area contributed by atoms with Gasteiger partial charge in [0.05, 0.1) is 23.3 Å². The molecule has 1 aliphatic rings. The van der Waals surface area contributed by atoms with Crippen molar-refractivity contribution >= 4 is 40.0 Å². The molecule has 0 unspecified atom stereocenters. The van der Waals surface area contributed by atoms with E-state index >= 15 is 0 Å². The number of carbonyl (C=O) groups excluding carboxylic acids is 1. The van der Waals surface area contributed by atoms with Crippen molar-refractivity contribution in [2.24, 2.45) is 5.92 Å². The Morgan fingerprint density at radius 1 is 1.11 bits per heavy atom. The molecule has 1 aromatic carbocycles. The number of nitrogens with one attached hydrogen (secondary N) is 1. The molecule has 2 aromatic heterocycles. The molecule has 0 atom stereocenters. The molecular weight excluding hydrogens is 374 g/mol. The van der Waals surface area contributed by atoms with Crippen LogP contribution < -0.4 is 10.2 Å². The smallest absolute Gasteiger partial charge is 0.227 e. The fourth-order valence-electron chi connectivity index (χ4n) is 3.46. The van der Waals surface area contributed by atoms with Crippen LogP contribution in [0.1, 0.15) is 24.2 Å². The summed E-state index contributed by atoms with van der Waals surface area (Å²) in [6.45, 7) is 5.52. The minimum Gasteiger partial charge on any atom is -0.370 e. The van der Waals surface area contributed by atoms with E-state index in [1.807, 2.05) is 38.2 Å². The van der Waals surface area contributed by atoms with Crippen LogP contribution in [0.2, 0.25) is 5.02 Å². The van der Waals surface area contributed by atoms with Crippen LogP contribution in [0.15, 0.2) is 36.5 Å². The molecule has 1 fully saturated rings. The van der Waals surface area contributed by atoms with Crippen molar-refractivity contribution in [3.8, 4) is 0 Å². The van der Waals surface area contributed by atoms with Crippen LogP contribution in [-0.2, 0) is 4.79 Å². The molecule has 4 rings (SSSR count). The Bertz CT molecular complexity index is 1010. The van der Waals surface area contributed by atoms with Crippen molar-refractivity contribution in [2.45, 2.75) is 26.7 Å². The number of benzene rings is 1. The number of rotatable bonds is 3. The number of fused-ring (bicyclic) bond motifs is 1. The lowest BCUT2D eigenvalue weighted by Crippen LogP contribution is -2.38. The fraction of sp³-hybridized carbons (Fsp3) is 0.333. The molecule has 0 radical (unpaired) electrons. The zero-order chi connectivity index (χ0) is 19.7. The number of pyridine rings is 1. The normalized spacial score (nSPS) is 15.0. The molecule has 0 saturated carbocycles. The van der Waals surface area contributed by atoms with E-state index in [-0.39, 0.29) is 11.8 Å². The third-order valence-electron chi connectivity index (χ3n) is 5.26. The Morgan fingerprint density at radius 3 is 2.50 bits per heavy atom. The van der Waals surface area contributed by atoms with Crippen LogP contribution in [0.5, 0.6) is 0 Å². The topological polar surface area (TPSA) is 71.0 Å². The number of nitrogens with zero attached hydrogens (tertiary/aromatic N) is 4. The minimum absolute atomic E-state index is 0.00466. The highest BCUT2D eigenvalue weighted by atomic mass is 35.5. The largest absolute Gasteiger partial charge is 0.370 e. The average molecular weight is 396 g/mol. The molecule has 1 saturated heterocycles. The molecule has 7 heteroatoms. The number of carbonyl (C=O) groups is 1. The number of aromatic nitrogens is 3. The van der Waals surface area contributed by atoms with Crippen molar-refractivity contribution in [3.05, 3.63) is 52.9 Å². The third kappa shape index (κ3) is 3.92. The summed E-state index contributed by atoms with van der Waals surface area (Å²) in [5.41, 5.74) is 5.11.